The molecule has 7 rings (SSSR count). The van der Waals surface area contributed by atoms with Crippen molar-refractivity contribution >= 4 is 22.1 Å². The van der Waals surface area contributed by atoms with E-state index in [4.69, 9.17) is 4.98 Å². The number of aryl methyl sites for hydroxylation is 1. The summed E-state index contributed by atoms with van der Waals surface area (Å²) >= 11 is 0. The Morgan fingerprint density at radius 1 is 1.08 bits per heavy atom. The third-order valence-corrected chi connectivity index (χ3v) is 6.93. The number of rotatable bonds is 5. The lowest BCUT2D eigenvalue weighted by molar-refractivity contribution is 0.0115. The molecule has 9 nitrogen and oxygen atoms in total. The second-order valence-electron chi connectivity index (χ2n) is 9.77. The van der Waals surface area contributed by atoms with E-state index < -0.39 is 5.92 Å². The van der Waals surface area contributed by atoms with E-state index in [0.29, 0.717) is 30.3 Å². The summed E-state index contributed by atoms with van der Waals surface area (Å²) in [5.41, 5.74) is 7.49. The average molecular weight is 512 g/mol. The van der Waals surface area contributed by atoms with E-state index >= 15 is 0 Å². The Morgan fingerprint density at radius 2 is 2.00 bits per heavy atom. The van der Waals surface area contributed by atoms with Gasteiger partial charge in [-0.05, 0) is 42.3 Å². The molecule has 0 radical (unpaired) electrons. The molecule has 0 amide bonds. The molecule has 0 spiro atoms. The first-order chi connectivity index (χ1) is 18.4. The Balaban J connectivity index is 1.24. The number of nitrogens with zero attached hydrogens (tertiary/aromatic N) is 7. The summed E-state index contributed by atoms with van der Waals surface area (Å²) < 4.78 is 29.2. The third-order valence-electron chi connectivity index (χ3n) is 6.93. The van der Waals surface area contributed by atoms with E-state index in [1.165, 1.54) is 0 Å². The maximum absolute atomic E-state index is 13.6. The van der Waals surface area contributed by atoms with E-state index in [2.05, 4.69) is 30.1 Å². The number of nitrogens with one attached hydrogen (secondary N) is 2. The molecule has 1 saturated heterocycles. The number of aromatic nitrogens is 8. The Labute approximate surface area is 215 Å². The predicted octanol–water partition coefficient (Wildman–Crippen LogP) is 4.90. The van der Waals surface area contributed by atoms with E-state index in [1.807, 2.05) is 48.0 Å². The molecule has 6 heterocycles. The van der Waals surface area contributed by atoms with Crippen LogP contribution in [0.5, 0.6) is 0 Å². The Kier molecular flexibility index (Phi) is 5.08. The molecule has 38 heavy (non-hydrogen) atoms. The Bertz CT molecular complexity index is 1800. The lowest BCUT2D eigenvalue weighted by Crippen LogP contribution is -2.24. The van der Waals surface area contributed by atoms with E-state index in [0.717, 1.165) is 44.5 Å². The first kappa shape index (κ1) is 22.7. The normalized spacial score (nSPS) is 15.7. The number of pyridine rings is 2. The molecule has 190 valence electrons. The minimum atomic E-state index is -2.61. The van der Waals surface area contributed by atoms with Gasteiger partial charge in [0.15, 0.2) is 11.5 Å². The van der Waals surface area contributed by atoms with Crippen molar-refractivity contribution in [3.8, 4) is 28.3 Å². The van der Waals surface area contributed by atoms with Crippen molar-refractivity contribution in [3.05, 3.63) is 72.7 Å². The summed E-state index contributed by atoms with van der Waals surface area (Å²) in [6.07, 6.45) is 8.86. The van der Waals surface area contributed by atoms with Gasteiger partial charge in [-0.3, -0.25) is 15.0 Å². The third kappa shape index (κ3) is 4.01. The van der Waals surface area contributed by atoms with Gasteiger partial charge in [-0.25, -0.2) is 23.7 Å². The highest BCUT2D eigenvalue weighted by molar-refractivity contribution is 5.96. The molecule has 2 N–H and O–H groups in total. The number of fused-ring (bicyclic) bond motifs is 2. The van der Waals surface area contributed by atoms with Gasteiger partial charge in [0.2, 0.25) is 0 Å². The number of H-pyrrole nitrogens is 2. The highest BCUT2D eigenvalue weighted by atomic mass is 19.3. The van der Waals surface area contributed by atoms with Gasteiger partial charge in [0.05, 0.1) is 29.8 Å². The number of halogens is 2. The quantitative estimate of drug-likeness (QED) is 0.341. The van der Waals surface area contributed by atoms with Gasteiger partial charge in [-0.2, -0.15) is 5.10 Å². The van der Waals surface area contributed by atoms with Crippen molar-refractivity contribution in [2.45, 2.75) is 25.8 Å². The van der Waals surface area contributed by atoms with Crippen LogP contribution < -0.4 is 0 Å². The fraction of sp³-hybridized carbons (Fsp3) is 0.222. The van der Waals surface area contributed by atoms with Crippen LogP contribution in [0.2, 0.25) is 0 Å². The zero-order valence-corrected chi connectivity index (χ0v) is 20.5. The molecule has 0 unspecified atom stereocenters. The van der Waals surface area contributed by atoms with Crippen LogP contribution in [-0.2, 0) is 6.54 Å². The number of benzene rings is 1. The lowest BCUT2D eigenvalue weighted by Gasteiger charge is -2.15. The first-order valence-electron chi connectivity index (χ1n) is 12.3. The lowest BCUT2D eigenvalue weighted by atomic mass is 10.0. The van der Waals surface area contributed by atoms with Crippen LogP contribution in [-0.4, -0.2) is 63.6 Å². The highest BCUT2D eigenvalue weighted by Crippen LogP contribution is 2.32. The van der Waals surface area contributed by atoms with Crippen molar-refractivity contribution in [1.29, 1.82) is 0 Å². The number of hydrogen-bond acceptors (Lipinski definition) is 6. The molecular weight excluding hydrogens is 488 g/mol. The minimum absolute atomic E-state index is 0.0964. The van der Waals surface area contributed by atoms with Gasteiger partial charge in [0.25, 0.3) is 5.92 Å². The molecule has 0 saturated carbocycles. The summed E-state index contributed by atoms with van der Waals surface area (Å²) in [5, 5.41) is 8.53. The minimum Gasteiger partial charge on any atom is -0.333 e. The molecule has 0 atom stereocenters. The topological polar surface area (TPSA) is 104 Å². The number of aromatic amines is 2. The molecular formula is C27H23F2N9. The van der Waals surface area contributed by atoms with Crippen LogP contribution in [0.3, 0.4) is 0 Å². The molecule has 5 aromatic heterocycles. The van der Waals surface area contributed by atoms with Crippen LogP contribution in [0.15, 0.2) is 61.4 Å². The monoisotopic (exact) mass is 511 g/mol. The zero-order valence-electron chi connectivity index (χ0n) is 20.5. The van der Waals surface area contributed by atoms with Gasteiger partial charge < -0.3 is 9.55 Å². The van der Waals surface area contributed by atoms with Gasteiger partial charge in [-0.15, -0.1) is 0 Å². The van der Waals surface area contributed by atoms with Gasteiger partial charge in [0.1, 0.15) is 11.2 Å². The molecule has 1 aliphatic rings. The van der Waals surface area contributed by atoms with E-state index in [9.17, 15) is 8.78 Å². The summed E-state index contributed by atoms with van der Waals surface area (Å²) in [4.78, 5) is 23.0. The van der Waals surface area contributed by atoms with Crippen LogP contribution in [0.25, 0.3) is 50.4 Å². The van der Waals surface area contributed by atoms with Crippen molar-refractivity contribution in [2.75, 3.05) is 13.1 Å². The van der Waals surface area contributed by atoms with Crippen molar-refractivity contribution in [2.24, 2.45) is 0 Å². The number of imidazole rings is 2. The number of hydrogen-bond donors (Lipinski definition) is 2. The molecule has 1 aliphatic heterocycles. The standard InChI is InChI=1S/C27H23F2N9/c1-16-12-38(15-32-16)22-4-6-31-25-24(22)33-26(34-25)23-20-9-18(2-3-21(20)35-36-23)19-8-17(10-30-11-19)13-37-7-5-27(28,29)14-37/h2-4,6,8-12,15H,5,7,13-14H2,1H3,(H,35,36)(H,31,33,34). The molecule has 6 aromatic rings. The summed E-state index contributed by atoms with van der Waals surface area (Å²) in [6.45, 7) is 2.56. The molecule has 1 aromatic carbocycles. The summed E-state index contributed by atoms with van der Waals surface area (Å²) in [7, 11) is 0. The molecule has 0 bridgehead atoms. The highest BCUT2D eigenvalue weighted by Gasteiger charge is 2.37. The van der Waals surface area contributed by atoms with Crippen molar-refractivity contribution in [3.63, 3.8) is 0 Å². The van der Waals surface area contributed by atoms with Crippen LogP contribution in [0.4, 0.5) is 8.78 Å². The Morgan fingerprint density at radius 3 is 2.82 bits per heavy atom. The second-order valence-corrected chi connectivity index (χ2v) is 9.77. The maximum atomic E-state index is 13.6. The van der Waals surface area contributed by atoms with Crippen molar-refractivity contribution in [1.82, 2.24) is 44.6 Å². The summed E-state index contributed by atoms with van der Waals surface area (Å²) in [5.74, 6) is -2.01. The largest absolute Gasteiger partial charge is 0.333 e. The van der Waals surface area contributed by atoms with Gasteiger partial charge in [0, 0.05) is 55.2 Å². The van der Waals surface area contributed by atoms with E-state index in [1.54, 1.807) is 29.8 Å². The zero-order chi connectivity index (χ0) is 25.9. The molecule has 1 fully saturated rings. The predicted molar refractivity (Wildman–Crippen MR) is 139 cm³/mol. The average Bonchev–Trinajstić information content (AvgIpc) is 3.69. The van der Waals surface area contributed by atoms with Gasteiger partial charge in [-0.1, -0.05) is 6.07 Å². The second kappa shape index (κ2) is 8.52. The first-order valence-corrected chi connectivity index (χ1v) is 12.3. The fourth-order valence-corrected chi connectivity index (χ4v) is 5.08. The Hall–Kier alpha value is -4.51. The summed E-state index contributed by atoms with van der Waals surface area (Å²) in [6, 6.07) is 9.92. The van der Waals surface area contributed by atoms with Crippen LogP contribution in [0.1, 0.15) is 17.7 Å². The number of likely N-dealkylation sites (tertiary alicyclic amines) is 1. The fourth-order valence-electron chi connectivity index (χ4n) is 5.08. The van der Waals surface area contributed by atoms with Crippen LogP contribution in [0, 0.1) is 6.92 Å². The van der Waals surface area contributed by atoms with Crippen LogP contribution >= 0.6 is 0 Å². The smallest absolute Gasteiger partial charge is 0.261 e. The van der Waals surface area contributed by atoms with Gasteiger partial charge >= 0.3 is 0 Å². The molecule has 11 heteroatoms. The maximum Gasteiger partial charge on any atom is 0.261 e. The number of alkyl halides is 2. The van der Waals surface area contributed by atoms with Crippen molar-refractivity contribution < 1.29 is 8.78 Å². The molecule has 0 aliphatic carbocycles. The SMILES string of the molecule is Cc1cn(-c2ccnc3nc(-c4n[nH]c5ccc(-c6cncc(CN7CCC(F)(F)C7)c6)cc45)[nH]c23)cn1. The van der Waals surface area contributed by atoms with E-state index in [-0.39, 0.29) is 13.0 Å².